The number of piperazine rings is 1. The zero-order valence-electron chi connectivity index (χ0n) is 33.8. The number of methoxy groups -OCH3 is 2. The molecule has 1 fully saturated rings. The second-order valence-corrected chi connectivity index (χ2v) is 13.7. The highest BCUT2D eigenvalue weighted by atomic mass is 19.4. The second-order valence-electron chi connectivity index (χ2n) is 13.7. The fourth-order valence-corrected chi connectivity index (χ4v) is 6.70. The highest BCUT2D eigenvalue weighted by Gasteiger charge is 2.37. The van der Waals surface area contributed by atoms with Crippen molar-refractivity contribution in [3.05, 3.63) is 103 Å². The third-order valence-electron chi connectivity index (χ3n) is 9.46. The molecule has 324 valence electrons. The van der Waals surface area contributed by atoms with Crippen LogP contribution in [0.2, 0.25) is 0 Å². The van der Waals surface area contributed by atoms with E-state index < -0.39 is 30.4 Å². The van der Waals surface area contributed by atoms with Crippen molar-refractivity contribution in [3.8, 4) is 29.0 Å². The number of carbonyl (C=O) groups is 3. The number of furan rings is 2. The smallest absolute Gasteiger partial charge is 0.478 e. The summed E-state index contributed by atoms with van der Waals surface area (Å²) in [5.74, 6) is -0.568. The van der Waals surface area contributed by atoms with Crippen LogP contribution < -0.4 is 38.4 Å². The monoisotopic (exact) mass is 868 g/mol. The van der Waals surface area contributed by atoms with Gasteiger partial charge in [-0.1, -0.05) is 36.4 Å². The molecule has 0 atom stereocenters. The third kappa shape index (κ3) is 8.88. The Hall–Kier alpha value is -8.10. The zero-order valence-corrected chi connectivity index (χ0v) is 33.8. The number of rotatable bonds is 9. The number of ether oxygens (including phenoxy) is 5. The number of urea groups is 1. The van der Waals surface area contributed by atoms with Gasteiger partial charge in [0, 0.05) is 50.1 Å². The highest BCUT2D eigenvalue weighted by molar-refractivity contribution is 6.11. The molecule has 18 nitrogen and oxygen atoms in total. The summed E-state index contributed by atoms with van der Waals surface area (Å²) < 4.78 is 77.0. The van der Waals surface area contributed by atoms with Crippen LogP contribution in [-0.2, 0) is 0 Å². The van der Waals surface area contributed by atoms with Gasteiger partial charge in [-0.15, -0.1) is 13.2 Å². The average Bonchev–Trinajstić information content (AvgIpc) is 3.82. The molecule has 4 amide bonds. The maximum absolute atomic E-state index is 15.0. The minimum atomic E-state index is -4.88. The van der Waals surface area contributed by atoms with Crippen LogP contribution in [0.1, 0.15) is 11.5 Å². The number of amides is 4. The summed E-state index contributed by atoms with van der Waals surface area (Å²) in [4.78, 5) is 66.3. The Balaban J connectivity index is 1.17. The fraction of sp³-hybridized carbons (Fsp3) is 0.214. The summed E-state index contributed by atoms with van der Waals surface area (Å²) in [7, 11) is 2.58. The van der Waals surface area contributed by atoms with E-state index in [4.69, 9.17) is 32.8 Å². The van der Waals surface area contributed by atoms with Crippen molar-refractivity contribution in [2.75, 3.05) is 55.1 Å². The van der Waals surface area contributed by atoms with Crippen LogP contribution in [0.15, 0.2) is 99.8 Å². The molecule has 4 aromatic heterocycles. The van der Waals surface area contributed by atoms with Gasteiger partial charge in [0.1, 0.15) is 34.1 Å². The maximum atomic E-state index is 15.0. The Bertz CT molecular complexity index is 2830. The first-order valence-electron chi connectivity index (χ1n) is 19.0. The molecule has 3 aromatic carbocycles. The number of benzene rings is 3. The number of anilines is 4. The lowest BCUT2D eigenvalue weighted by Crippen LogP contribution is -2.52. The predicted molar refractivity (Wildman–Crippen MR) is 218 cm³/mol. The minimum absolute atomic E-state index is 0.0437. The molecule has 7 aromatic rings. The predicted octanol–water partition coefficient (Wildman–Crippen LogP) is 8.58. The molecule has 0 spiro atoms. The Morgan fingerprint density at radius 1 is 0.667 bits per heavy atom. The van der Waals surface area contributed by atoms with E-state index in [1.807, 2.05) is 0 Å². The number of imide groups is 1. The number of hydrogen-bond donors (Lipinski definition) is 0. The lowest BCUT2D eigenvalue weighted by atomic mass is 10.2. The molecule has 1 aliphatic heterocycles. The van der Waals surface area contributed by atoms with Crippen LogP contribution in [0.3, 0.4) is 0 Å². The molecule has 0 N–H and O–H groups in total. The molecule has 0 bridgehead atoms. The molecule has 63 heavy (non-hydrogen) atoms. The molecule has 1 saturated heterocycles. The van der Waals surface area contributed by atoms with Crippen LogP contribution in [-0.4, -0.2) is 89.8 Å². The SMILES string of the molecule is COc1nc2oc(C)cc2nc1N(C(=O)Oc1ccccc1)C(=O)Oc1ccccc1N(C(=O)N1CCN(c2cccc(OC(F)(F)F)c2)CC1)c1nc2cc(C)oc2nc1OC. The van der Waals surface area contributed by atoms with Gasteiger partial charge < -0.3 is 42.3 Å². The van der Waals surface area contributed by atoms with Crippen molar-refractivity contribution in [1.29, 1.82) is 0 Å². The molecule has 0 radical (unpaired) electrons. The van der Waals surface area contributed by atoms with Crippen LogP contribution in [0, 0.1) is 13.8 Å². The number of aromatic nitrogens is 4. The van der Waals surface area contributed by atoms with Crippen molar-refractivity contribution >= 4 is 63.7 Å². The number of alkyl halides is 3. The van der Waals surface area contributed by atoms with Gasteiger partial charge >= 0.3 is 24.6 Å². The van der Waals surface area contributed by atoms with Crippen molar-refractivity contribution in [2.24, 2.45) is 0 Å². The fourth-order valence-electron chi connectivity index (χ4n) is 6.70. The second kappa shape index (κ2) is 17.1. The molecule has 0 aliphatic carbocycles. The molecule has 0 saturated carbocycles. The van der Waals surface area contributed by atoms with Gasteiger partial charge in [0.25, 0.3) is 11.8 Å². The summed E-state index contributed by atoms with van der Waals surface area (Å²) in [6.45, 7) is 3.93. The Labute approximate surface area is 354 Å². The summed E-state index contributed by atoms with van der Waals surface area (Å²) in [6.07, 6.45) is -7.46. The molecule has 21 heteroatoms. The van der Waals surface area contributed by atoms with Gasteiger partial charge in [-0.05, 0) is 50.2 Å². The van der Waals surface area contributed by atoms with Crippen LogP contribution in [0.25, 0.3) is 22.5 Å². The van der Waals surface area contributed by atoms with E-state index in [0.29, 0.717) is 22.1 Å². The summed E-state index contributed by atoms with van der Waals surface area (Å²) >= 11 is 0. The zero-order chi connectivity index (χ0) is 44.4. The van der Waals surface area contributed by atoms with E-state index >= 15 is 0 Å². The van der Waals surface area contributed by atoms with E-state index in [-0.39, 0.29) is 89.2 Å². The van der Waals surface area contributed by atoms with E-state index in [1.165, 1.54) is 67.7 Å². The highest BCUT2D eigenvalue weighted by Crippen LogP contribution is 2.40. The van der Waals surface area contributed by atoms with Crippen LogP contribution in [0.4, 0.5) is 50.6 Å². The number of hydrogen-bond acceptors (Lipinski definition) is 15. The van der Waals surface area contributed by atoms with Crippen molar-refractivity contribution < 1.29 is 60.1 Å². The molecular formula is C42H35F3N8O10. The van der Waals surface area contributed by atoms with E-state index in [0.717, 1.165) is 4.90 Å². The number of halogens is 3. The van der Waals surface area contributed by atoms with Crippen LogP contribution >= 0.6 is 0 Å². The lowest BCUT2D eigenvalue weighted by Gasteiger charge is -2.38. The summed E-state index contributed by atoms with van der Waals surface area (Å²) in [5, 5.41) is 0. The van der Waals surface area contributed by atoms with E-state index in [1.54, 1.807) is 61.2 Å². The molecular weight excluding hydrogens is 834 g/mol. The van der Waals surface area contributed by atoms with Gasteiger partial charge in [0.05, 0.1) is 19.9 Å². The number of nitrogens with zero attached hydrogens (tertiary/aromatic N) is 8. The first kappa shape index (κ1) is 41.6. The largest absolute Gasteiger partial charge is 0.573 e. The number of carbonyl (C=O) groups excluding carboxylic acids is 3. The first-order valence-corrected chi connectivity index (χ1v) is 19.0. The topological polar surface area (TPSA) is 188 Å². The van der Waals surface area contributed by atoms with Gasteiger partial charge in [0.15, 0.2) is 5.75 Å². The Morgan fingerprint density at radius 3 is 1.87 bits per heavy atom. The Kier molecular flexibility index (Phi) is 11.3. The van der Waals surface area contributed by atoms with Crippen molar-refractivity contribution in [1.82, 2.24) is 24.8 Å². The molecule has 0 unspecified atom stereocenters. The summed E-state index contributed by atoms with van der Waals surface area (Å²) in [5.41, 5.74) is 1.05. The average molecular weight is 869 g/mol. The number of fused-ring (bicyclic) bond motifs is 2. The van der Waals surface area contributed by atoms with E-state index in [9.17, 15) is 27.6 Å². The maximum Gasteiger partial charge on any atom is 0.573 e. The van der Waals surface area contributed by atoms with Gasteiger partial charge in [-0.25, -0.2) is 29.3 Å². The van der Waals surface area contributed by atoms with Crippen LogP contribution in [0.5, 0.6) is 29.0 Å². The van der Waals surface area contributed by atoms with Crippen molar-refractivity contribution in [3.63, 3.8) is 0 Å². The third-order valence-corrected chi connectivity index (χ3v) is 9.46. The molecule has 1 aliphatic rings. The normalized spacial score (nSPS) is 12.9. The van der Waals surface area contributed by atoms with Gasteiger partial charge in [-0.2, -0.15) is 14.9 Å². The number of para-hydroxylation sites is 3. The van der Waals surface area contributed by atoms with E-state index in [2.05, 4.69) is 19.7 Å². The number of aryl methyl sites for hydroxylation is 2. The first-order chi connectivity index (χ1) is 30.3. The standard InChI is InChI=1S/C42H35F3N8O10/c1-24-21-29-35(59-24)48-37(57-3)33(46-29)52(39(54)51-19-17-50(18-20-51)26-11-10-14-28(23-26)63-42(43,44)45)31-15-8-9-16-32(31)62-41(56)53(40(55)61-27-12-6-5-7-13-27)34-38(58-4)49-36-30(47-34)22-25(2)60-36/h5-16,21-23H,17-20H2,1-4H3. The molecule has 8 rings (SSSR count). The molecule has 5 heterocycles. The van der Waals surface area contributed by atoms with Gasteiger partial charge in [-0.3, -0.25) is 0 Å². The van der Waals surface area contributed by atoms with Crippen molar-refractivity contribution in [2.45, 2.75) is 20.2 Å². The lowest BCUT2D eigenvalue weighted by molar-refractivity contribution is -0.274. The summed E-state index contributed by atoms with van der Waals surface area (Å²) in [6, 6.07) is 21.9. The van der Waals surface area contributed by atoms with Gasteiger partial charge in [0.2, 0.25) is 23.1 Å². The Morgan fingerprint density at radius 2 is 1.24 bits per heavy atom. The quantitative estimate of drug-likeness (QED) is 0.134. The minimum Gasteiger partial charge on any atom is -0.478 e.